The number of nitrogens with one attached hydrogen (secondary N) is 1. The number of aromatic nitrogens is 2. The molecule has 0 aliphatic carbocycles. The molecule has 0 amide bonds. The fraction of sp³-hybridized carbons (Fsp3) is 0.391. The Morgan fingerprint density at radius 1 is 1.18 bits per heavy atom. The van der Waals surface area contributed by atoms with Crippen LogP contribution in [0.25, 0.3) is 11.3 Å². The number of aliphatic hydroxyl groups is 1. The lowest BCUT2D eigenvalue weighted by molar-refractivity contribution is 0.171. The third-order valence-corrected chi connectivity index (χ3v) is 8.74. The lowest BCUT2D eigenvalue weighted by atomic mass is 10.1. The van der Waals surface area contributed by atoms with Crippen LogP contribution in [0.1, 0.15) is 37.4 Å². The molecule has 178 valence electrons. The van der Waals surface area contributed by atoms with Crippen LogP contribution in [0.5, 0.6) is 5.75 Å². The molecule has 33 heavy (non-hydrogen) atoms. The van der Waals surface area contributed by atoms with Crippen molar-refractivity contribution >= 4 is 32.8 Å². The van der Waals surface area contributed by atoms with E-state index in [1.807, 2.05) is 29.6 Å². The van der Waals surface area contributed by atoms with Crippen molar-refractivity contribution < 1.29 is 18.3 Å². The van der Waals surface area contributed by atoms with Gasteiger partial charge in [-0.3, -0.25) is 0 Å². The average molecular weight is 510 g/mol. The molecular formula is C23H28ClN3O4S2. The Morgan fingerprint density at radius 3 is 2.55 bits per heavy atom. The van der Waals surface area contributed by atoms with Gasteiger partial charge < -0.3 is 15.2 Å². The summed E-state index contributed by atoms with van der Waals surface area (Å²) < 4.78 is 29.7. The Hall–Kier alpha value is -2.04. The second-order valence-electron chi connectivity index (χ2n) is 8.50. The predicted molar refractivity (Wildman–Crippen MR) is 132 cm³/mol. The van der Waals surface area contributed by atoms with Crippen molar-refractivity contribution in [3.63, 3.8) is 0 Å². The summed E-state index contributed by atoms with van der Waals surface area (Å²) in [5, 5.41) is 16.1. The first-order valence-electron chi connectivity index (χ1n) is 10.5. The SMILES string of the molecule is CC(C)(C)S(=O)(=O)Cc1nc(-c2ccc(OCCNC[C@H](O)c3ccc(Cl)nc3)cc2)cs1. The summed E-state index contributed by atoms with van der Waals surface area (Å²) in [6.07, 6.45) is 0.886. The first-order chi connectivity index (χ1) is 15.5. The Labute approximate surface area is 203 Å². The van der Waals surface area contributed by atoms with E-state index in [0.29, 0.717) is 41.2 Å². The highest BCUT2D eigenvalue weighted by Gasteiger charge is 2.30. The molecule has 1 aromatic carbocycles. The van der Waals surface area contributed by atoms with E-state index in [2.05, 4.69) is 15.3 Å². The van der Waals surface area contributed by atoms with Gasteiger partial charge in [0.15, 0.2) is 9.84 Å². The number of benzene rings is 1. The quantitative estimate of drug-likeness (QED) is 0.311. The zero-order valence-electron chi connectivity index (χ0n) is 18.8. The minimum absolute atomic E-state index is 0.0570. The van der Waals surface area contributed by atoms with Gasteiger partial charge >= 0.3 is 0 Å². The number of nitrogens with zero attached hydrogens (tertiary/aromatic N) is 2. The molecular weight excluding hydrogens is 482 g/mol. The highest BCUT2D eigenvalue weighted by atomic mass is 35.5. The number of aliphatic hydroxyl groups excluding tert-OH is 1. The van der Waals surface area contributed by atoms with Gasteiger partial charge in [0, 0.05) is 35.8 Å². The molecule has 0 fully saturated rings. The van der Waals surface area contributed by atoms with Crippen molar-refractivity contribution in [1.82, 2.24) is 15.3 Å². The average Bonchev–Trinajstić information content (AvgIpc) is 3.21. The Bertz CT molecular complexity index is 1140. The summed E-state index contributed by atoms with van der Waals surface area (Å²) in [7, 11) is -3.27. The third-order valence-electron chi connectivity index (χ3n) is 4.97. The number of rotatable bonds is 10. The van der Waals surface area contributed by atoms with Crippen LogP contribution >= 0.6 is 22.9 Å². The second-order valence-corrected chi connectivity index (χ2v) is 12.6. The van der Waals surface area contributed by atoms with Gasteiger partial charge in [0.25, 0.3) is 0 Å². The normalized spacial score (nSPS) is 13.1. The minimum atomic E-state index is -3.27. The van der Waals surface area contributed by atoms with Crippen molar-refractivity contribution in [3.05, 3.63) is 63.7 Å². The number of ether oxygens (including phenoxy) is 1. The van der Waals surface area contributed by atoms with Crippen LogP contribution in [0.15, 0.2) is 48.0 Å². The first kappa shape index (κ1) is 25.6. The third kappa shape index (κ3) is 7.22. The molecule has 10 heteroatoms. The maximum atomic E-state index is 12.4. The van der Waals surface area contributed by atoms with Crippen LogP contribution in [-0.4, -0.2) is 47.9 Å². The molecule has 2 N–H and O–H groups in total. The molecule has 0 saturated heterocycles. The van der Waals surface area contributed by atoms with Crippen molar-refractivity contribution in [2.45, 2.75) is 37.4 Å². The minimum Gasteiger partial charge on any atom is -0.492 e. The van der Waals surface area contributed by atoms with Gasteiger partial charge in [-0.25, -0.2) is 18.4 Å². The molecule has 7 nitrogen and oxygen atoms in total. The molecule has 2 aromatic heterocycles. The van der Waals surface area contributed by atoms with Gasteiger partial charge in [-0.1, -0.05) is 17.7 Å². The van der Waals surface area contributed by atoms with E-state index in [1.165, 1.54) is 11.3 Å². The molecule has 0 bridgehead atoms. The Balaban J connectivity index is 1.45. The topological polar surface area (TPSA) is 101 Å². The lowest BCUT2D eigenvalue weighted by Gasteiger charge is -2.17. The van der Waals surface area contributed by atoms with E-state index < -0.39 is 20.7 Å². The monoisotopic (exact) mass is 509 g/mol. The van der Waals surface area contributed by atoms with E-state index in [-0.39, 0.29) is 5.75 Å². The number of pyridine rings is 1. The lowest BCUT2D eigenvalue weighted by Crippen LogP contribution is -2.29. The molecule has 0 aliphatic rings. The van der Waals surface area contributed by atoms with E-state index in [1.54, 1.807) is 39.1 Å². The highest BCUT2D eigenvalue weighted by Crippen LogP contribution is 2.27. The molecule has 0 spiro atoms. The molecule has 0 unspecified atom stereocenters. The fourth-order valence-electron chi connectivity index (χ4n) is 2.79. The summed E-state index contributed by atoms with van der Waals surface area (Å²) in [4.78, 5) is 8.46. The zero-order chi connectivity index (χ0) is 24.1. The van der Waals surface area contributed by atoms with Crippen LogP contribution in [0.4, 0.5) is 0 Å². The largest absolute Gasteiger partial charge is 0.492 e. The number of hydrogen-bond donors (Lipinski definition) is 2. The van der Waals surface area contributed by atoms with Crippen LogP contribution in [-0.2, 0) is 15.6 Å². The van der Waals surface area contributed by atoms with Gasteiger partial charge in [0.2, 0.25) is 0 Å². The van der Waals surface area contributed by atoms with Crippen LogP contribution in [0.3, 0.4) is 0 Å². The number of halogens is 1. The standard InChI is InChI=1S/C23H28ClN3O4S2/c1-23(2,3)33(29,30)15-22-27-19(14-32-22)16-4-7-18(8-5-16)31-11-10-25-13-20(28)17-6-9-21(24)26-12-17/h4-9,12,14,20,25,28H,10-11,13,15H2,1-3H3/t20-/m0/s1. The van der Waals surface area contributed by atoms with E-state index in [4.69, 9.17) is 16.3 Å². The smallest absolute Gasteiger partial charge is 0.161 e. The highest BCUT2D eigenvalue weighted by molar-refractivity contribution is 7.92. The Morgan fingerprint density at radius 2 is 1.91 bits per heavy atom. The van der Waals surface area contributed by atoms with Crippen LogP contribution in [0.2, 0.25) is 5.15 Å². The van der Waals surface area contributed by atoms with E-state index >= 15 is 0 Å². The molecule has 2 heterocycles. The maximum absolute atomic E-state index is 12.4. The molecule has 0 radical (unpaired) electrons. The van der Waals surface area contributed by atoms with Gasteiger partial charge in [0.05, 0.1) is 16.5 Å². The maximum Gasteiger partial charge on any atom is 0.161 e. The molecule has 3 aromatic rings. The summed E-state index contributed by atoms with van der Waals surface area (Å²) in [6, 6.07) is 10.9. The van der Waals surface area contributed by atoms with Crippen LogP contribution in [0, 0.1) is 0 Å². The summed E-state index contributed by atoms with van der Waals surface area (Å²) in [6.45, 7) is 6.48. The van der Waals surface area contributed by atoms with Crippen molar-refractivity contribution in [1.29, 1.82) is 0 Å². The molecule has 3 rings (SSSR count). The number of thiazole rings is 1. The fourth-order valence-corrected chi connectivity index (χ4v) is 5.05. The second kappa shape index (κ2) is 10.9. The van der Waals surface area contributed by atoms with E-state index in [0.717, 1.165) is 11.3 Å². The number of sulfone groups is 1. The van der Waals surface area contributed by atoms with Gasteiger partial charge in [-0.15, -0.1) is 11.3 Å². The first-order valence-corrected chi connectivity index (χ1v) is 13.4. The van der Waals surface area contributed by atoms with Gasteiger partial charge in [-0.05, 0) is 51.1 Å². The van der Waals surface area contributed by atoms with Crippen molar-refractivity contribution in [2.24, 2.45) is 0 Å². The Kier molecular flexibility index (Phi) is 8.47. The molecule has 0 aliphatic heterocycles. The van der Waals surface area contributed by atoms with E-state index in [9.17, 15) is 13.5 Å². The van der Waals surface area contributed by atoms with Gasteiger partial charge in [-0.2, -0.15) is 0 Å². The van der Waals surface area contributed by atoms with Gasteiger partial charge in [0.1, 0.15) is 28.3 Å². The number of hydrogen-bond acceptors (Lipinski definition) is 8. The summed E-state index contributed by atoms with van der Waals surface area (Å²) in [5.74, 6) is 0.659. The predicted octanol–water partition coefficient (Wildman–Crippen LogP) is 4.27. The van der Waals surface area contributed by atoms with Crippen LogP contribution < -0.4 is 10.1 Å². The summed E-state index contributed by atoms with van der Waals surface area (Å²) in [5.41, 5.74) is 2.35. The summed E-state index contributed by atoms with van der Waals surface area (Å²) >= 11 is 7.11. The molecule has 1 atom stereocenters. The molecule has 0 saturated carbocycles. The van der Waals surface area contributed by atoms with Crippen molar-refractivity contribution in [2.75, 3.05) is 19.7 Å². The zero-order valence-corrected chi connectivity index (χ0v) is 21.2. The van der Waals surface area contributed by atoms with Crippen molar-refractivity contribution in [3.8, 4) is 17.0 Å².